The highest BCUT2D eigenvalue weighted by atomic mass is 16.5. The van der Waals surface area contributed by atoms with Crippen LogP contribution in [0, 0.1) is 11.3 Å². The molecule has 1 aromatic rings. The third-order valence-electron chi connectivity index (χ3n) is 3.19. The highest BCUT2D eigenvalue weighted by molar-refractivity contribution is 5.60. The molecular formula is C14H18N2O2. The van der Waals surface area contributed by atoms with E-state index < -0.39 is 0 Å². The van der Waals surface area contributed by atoms with Crippen LogP contribution in [0.4, 0.5) is 5.69 Å². The standard InChI is InChI=1S/C14H18N2O2/c1-10-7-12(5-6-18-10)16-14-8-13(17-2)4-3-11(14)9-15/h3-4,8,10,12,16H,5-7H2,1-2H3. The zero-order chi connectivity index (χ0) is 13.0. The van der Waals surface area contributed by atoms with Gasteiger partial charge in [0.1, 0.15) is 11.8 Å². The number of methoxy groups -OCH3 is 1. The van der Waals surface area contributed by atoms with Gasteiger partial charge < -0.3 is 14.8 Å². The molecule has 0 aromatic heterocycles. The largest absolute Gasteiger partial charge is 0.497 e. The maximum Gasteiger partial charge on any atom is 0.121 e. The third-order valence-corrected chi connectivity index (χ3v) is 3.19. The lowest BCUT2D eigenvalue weighted by molar-refractivity contribution is 0.0232. The van der Waals surface area contributed by atoms with Gasteiger partial charge in [-0.25, -0.2) is 0 Å². The number of hydrogen-bond donors (Lipinski definition) is 1. The van der Waals surface area contributed by atoms with Crippen molar-refractivity contribution < 1.29 is 9.47 Å². The minimum atomic E-state index is 0.271. The molecule has 0 amide bonds. The van der Waals surface area contributed by atoms with Crippen molar-refractivity contribution in [2.45, 2.75) is 31.9 Å². The summed E-state index contributed by atoms with van der Waals surface area (Å²) in [6, 6.07) is 8.01. The van der Waals surface area contributed by atoms with Gasteiger partial charge in [0.25, 0.3) is 0 Å². The van der Waals surface area contributed by atoms with Crippen LogP contribution in [0.25, 0.3) is 0 Å². The first-order valence-electron chi connectivity index (χ1n) is 6.19. The van der Waals surface area contributed by atoms with E-state index in [4.69, 9.17) is 14.7 Å². The molecule has 0 radical (unpaired) electrons. The number of rotatable bonds is 3. The Morgan fingerprint density at radius 2 is 2.33 bits per heavy atom. The average Bonchev–Trinajstić information content (AvgIpc) is 2.38. The van der Waals surface area contributed by atoms with E-state index in [9.17, 15) is 0 Å². The Balaban J connectivity index is 2.14. The second-order valence-electron chi connectivity index (χ2n) is 4.57. The monoisotopic (exact) mass is 246 g/mol. The maximum absolute atomic E-state index is 9.11. The van der Waals surface area contributed by atoms with Crippen LogP contribution >= 0.6 is 0 Å². The zero-order valence-electron chi connectivity index (χ0n) is 10.8. The first kappa shape index (κ1) is 12.7. The summed E-state index contributed by atoms with van der Waals surface area (Å²) >= 11 is 0. The molecule has 1 heterocycles. The molecule has 0 bridgehead atoms. The molecule has 1 saturated heterocycles. The fourth-order valence-electron chi connectivity index (χ4n) is 2.22. The highest BCUT2D eigenvalue weighted by Gasteiger charge is 2.20. The van der Waals surface area contributed by atoms with Crippen LogP contribution < -0.4 is 10.1 Å². The van der Waals surface area contributed by atoms with Crippen molar-refractivity contribution in [2.24, 2.45) is 0 Å². The molecule has 0 saturated carbocycles. The molecule has 18 heavy (non-hydrogen) atoms. The van der Waals surface area contributed by atoms with Crippen molar-refractivity contribution in [1.82, 2.24) is 0 Å². The van der Waals surface area contributed by atoms with E-state index in [1.54, 1.807) is 19.2 Å². The Labute approximate surface area is 108 Å². The van der Waals surface area contributed by atoms with Crippen LogP contribution in [-0.2, 0) is 4.74 Å². The molecule has 2 atom stereocenters. The zero-order valence-corrected chi connectivity index (χ0v) is 10.8. The van der Waals surface area contributed by atoms with E-state index in [0.717, 1.165) is 30.9 Å². The molecule has 4 nitrogen and oxygen atoms in total. The van der Waals surface area contributed by atoms with Crippen molar-refractivity contribution in [2.75, 3.05) is 19.0 Å². The molecule has 1 aromatic carbocycles. The number of nitrogens with one attached hydrogen (secondary N) is 1. The van der Waals surface area contributed by atoms with Gasteiger partial charge in [-0.2, -0.15) is 5.26 Å². The molecule has 1 fully saturated rings. The number of nitriles is 1. The van der Waals surface area contributed by atoms with Crippen LogP contribution in [0.5, 0.6) is 5.75 Å². The molecule has 1 aliphatic rings. The molecule has 2 unspecified atom stereocenters. The minimum Gasteiger partial charge on any atom is -0.497 e. The molecule has 96 valence electrons. The predicted octanol–water partition coefficient (Wildman–Crippen LogP) is 2.55. The number of hydrogen-bond acceptors (Lipinski definition) is 4. The Kier molecular flexibility index (Phi) is 4.06. The normalized spacial score (nSPS) is 23.2. The fourth-order valence-corrected chi connectivity index (χ4v) is 2.22. The first-order chi connectivity index (χ1) is 8.72. The summed E-state index contributed by atoms with van der Waals surface area (Å²) in [6.07, 6.45) is 2.20. The maximum atomic E-state index is 9.11. The molecule has 0 spiro atoms. The Morgan fingerprint density at radius 1 is 1.50 bits per heavy atom. The average molecular weight is 246 g/mol. The molecule has 1 N–H and O–H groups in total. The summed E-state index contributed by atoms with van der Waals surface area (Å²) in [7, 11) is 1.63. The topological polar surface area (TPSA) is 54.3 Å². The quantitative estimate of drug-likeness (QED) is 0.890. The van der Waals surface area contributed by atoms with Crippen molar-refractivity contribution >= 4 is 5.69 Å². The highest BCUT2D eigenvalue weighted by Crippen LogP contribution is 2.25. The van der Waals surface area contributed by atoms with Crippen molar-refractivity contribution in [1.29, 1.82) is 5.26 Å². The summed E-state index contributed by atoms with van der Waals surface area (Å²) in [5.41, 5.74) is 1.49. The Morgan fingerprint density at radius 3 is 3.00 bits per heavy atom. The van der Waals surface area contributed by atoms with Gasteiger partial charge in [-0.3, -0.25) is 0 Å². The van der Waals surface area contributed by atoms with Gasteiger partial charge in [0.05, 0.1) is 24.5 Å². The molecule has 2 rings (SSSR count). The van der Waals surface area contributed by atoms with Gasteiger partial charge in [-0.1, -0.05) is 0 Å². The number of anilines is 1. The lowest BCUT2D eigenvalue weighted by Gasteiger charge is -2.29. The number of ether oxygens (including phenoxy) is 2. The van der Waals surface area contributed by atoms with Gasteiger partial charge in [-0.15, -0.1) is 0 Å². The van der Waals surface area contributed by atoms with Crippen LogP contribution in [0.15, 0.2) is 18.2 Å². The van der Waals surface area contributed by atoms with E-state index in [0.29, 0.717) is 11.6 Å². The summed E-state index contributed by atoms with van der Waals surface area (Å²) in [5, 5.41) is 12.5. The minimum absolute atomic E-state index is 0.271. The summed E-state index contributed by atoms with van der Waals surface area (Å²) in [6.45, 7) is 2.84. The molecule has 1 aliphatic heterocycles. The van der Waals surface area contributed by atoms with E-state index >= 15 is 0 Å². The number of nitrogens with zero attached hydrogens (tertiary/aromatic N) is 1. The molecule has 4 heteroatoms. The predicted molar refractivity (Wildman–Crippen MR) is 69.8 cm³/mol. The summed E-state index contributed by atoms with van der Waals surface area (Å²) in [5.74, 6) is 0.761. The van der Waals surface area contributed by atoms with Crippen LogP contribution in [0.1, 0.15) is 25.3 Å². The summed E-state index contributed by atoms with van der Waals surface area (Å²) < 4.78 is 10.7. The van der Waals surface area contributed by atoms with Crippen LogP contribution in [0.3, 0.4) is 0 Å². The van der Waals surface area contributed by atoms with E-state index in [2.05, 4.69) is 18.3 Å². The van der Waals surface area contributed by atoms with Crippen LogP contribution in [-0.4, -0.2) is 25.9 Å². The van der Waals surface area contributed by atoms with E-state index in [-0.39, 0.29) is 6.10 Å². The van der Waals surface area contributed by atoms with E-state index in [1.165, 1.54) is 0 Å². The molecular weight excluding hydrogens is 228 g/mol. The Bertz CT molecular complexity index is 454. The van der Waals surface area contributed by atoms with Gasteiger partial charge in [0.2, 0.25) is 0 Å². The first-order valence-corrected chi connectivity index (χ1v) is 6.19. The molecule has 0 aliphatic carbocycles. The summed E-state index contributed by atoms with van der Waals surface area (Å²) in [4.78, 5) is 0. The second kappa shape index (κ2) is 5.74. The smallest absolute Gasteiger partial charge is 0.121 e. The van der Waals surface area contributed by atoms with Gasteiger partial charge in [0, 0.05) is 18.7 Å². The van der Waals surface area contributed by atoms with Crippen molar-refractivity contribution in [3.8, 4) is 11.8 Å². The lowest BCUT2D eigenvalue weighted by Crippen LogP contribution is -2.32. The van der Waals surface area contributed by atoms with Crippen LogP contribution in [0.2, 0.25) is 0 Å². The van der Waals surface area contributed by atoms with Crippen molar-refractivity contribution in [3.05, 3.63) is 23.8 Å². The van der Waals surface area contributed by atoms with Crippen molar-refractivity contribution in [3.63, 3.8) is 0 Å². The van der Waals surface area contributed by atoms with E-state index in [1.807, 2.05) is 6.07 Å². The van der Waals surface area contributed by atoms with Gasteiger partial charge in [0.15, 0.2) is 0 Å². The van der Waals surface area contributed by atoms with Gasteiger partial charge in [-0.05, 0) is 31.9 Å². The lowest BCUT2D eigenvalue weighted by atomic mass is 10.0. The Hall–Kier alpha value is -1.73. The third kappa shape index (κ3) is 2.93. The van der Waals surface area contributed by atoms with Gasteiger partial charge >= 0.3 is 0 Å². The fraction of sp³-hybridized carbons (Fsp3) is 0.500. The second-order valence-corrected chi connectivity index (χ2v) is 4.57. The SMILES string of the molecule is COc1ccc(C#N)c(NC2CCOC(C)C2)c1. The number of benzene rings is 1.